The molecule has 1 aliphatic carbocycles. The van der Waals surface area contributed by atoms with Gasteiger partial charge in [-0.3, -0.25) is 4.79 Å². The smallest absolute Gasteiger partial charge is 0.306 e. The molecule has 0 aromatic carbocycles. The van der Waals surface area contributed by atoms with E-state index in [0.717, 1.165) is 19.0 Å². The Labute approximate surface area is 112 Å². The third-order valence-corrected chi connectivity index (χ3v) is 3.62. The van der Waals surface area contributed by atoms with Gasteiger partial charge >= 0.3 is 5.97 Å². The van der Waals surface area contributed by atoms with Gasteiger partial charge in [0.15, 0.2) is 0 Å². The second-order valence-electron chi connectivity index (χ2n) is 5.86. The largest absolute Gasteiger partial charge is 0.464 e. The zero-order valence-corrected chi connectivity index (χ0v) is 12.0. The molecule has 106 valence electrons. The average molecular weight is 255 g/mol. The minimum absolute atomic E-state index is 0.00689. The van der Waals surface area contributed by atoms with Gasteiger partial charge in [-0.25, -0.2) is 0 Å². The number of hydrogen-bond acceptors (Lipinski definition) is 3. The van der Waals surface area contributed by atoms with Gasteiger partial charge < -0.3 is 10.1 Å². The molecule has 3 heteroatoms. The van der Waals surface area contributed by atoms with E-state index in [9.17, 15) is 4.79 Å². The summed E-state index contributed by atoms with van der Waals surface area (Å²) < 4.78 is 5.25. The zero-order chi connectivity index (χ0) is 13.2. The van der Waals surface area contributed by atoms with Crippen molar-refractivity contribution < 1.29 is 9.53 Å². The summed E-state index contributed by atoms with van der Waals surface area (Å²) in [5.41, 5.74) is 0. The fourth-order valence-electron chi connectivity index (χ4n) is 2.44. The second-order valence-corrected chi connectivity index (χ2v) is 5.86. The summed E-state index contributed by atoms with van der Waals surface area (Å²) in [7, 11) is 0. The first-order valence-corrected chi connectivity index (χ1v) is 7.55. The van der Waals surface area contributed by atoms with E-state index >= 15 is 0 Å². The molecule has 0 bridgehead atoms. The van der Waals surface area contributed by atoms with Gasteiger partial charge in [-0.05, 0) is 37.6 Å². The molecule has 0 heterocycles. The van der Waals surface area contributed by atoms with Crippen molar-refractivity contribution in [1.29, 1.82) is 0 Å². The Bertz CT molecular complexity index is 223. The molecule has 1 rings (SSSR count). The van der Waals surface area contributed by atoms with Crippen LogP contribution < -0.4 is 5.32 Å². The molecule has 18 heavy (non-hydrogen) atoms. The van der Waals surface area contributed by atoms with Crippen LogP contribution in [0.15, 0.2) is 0 Å². The van der Waals surface area contributed by atoms with E-state index in [1.165, 1.54) is 38.5 Å². The van der Waals surface area contributed by atoms with E-state index < -0.39 is 0 Å². The van der Waals surface area contributed by atoms with Crippen LogP contribution in [0.5, 0.6) is 0 Å². The van der Waals surface area contributed by atoms with Crippen molar-refractivity contribution in [2.24, 2.45) is 11.8 Å². The van der Waals surface area contributed by atoms with Crippen LogP contribution in [0, 0.1) is 11.8 Å². The normalized spacial score (nSPS) is 17.1. The lowest BCUT2D eigenvalue weighted by atomic mass is 9.87. The summed E-state index contributed by atoms with van der Waals surface area (Å²) in [6, 6.07) is 0. The Morgan fingerprint density at radius 3 is 2.61 bits per heavy atom. The lowest BCUT2D eigenvalue weighted by Crippen LogP contribution is -2.24. The van der Waals surface area contributed by atoms with Crippen molar-refractivity contribution in [2.75, 3.05) is 19.7 Å². The van der Waals surface area contributed by atoms with Crippen molar-refractivity contribution in [3.63, 3.8) is 0 Å². The first-order valence-electron chi connectivity index (χ1n) is 7.55. The first kappa shape index (κ1) is 15.5. The van der Waals surface area contributed by atoms with Crippen LogP contribution in [-0.4, -0.2) is 25.7 Å². The number of rotatable bonds is 8. The molecule has 0 amide bonds. The maximum Gasteiger partial charge on any atom is 0.306 e. The molecule has 0 aromatic rings. The van der Waals surface area contributed by atoms with Crippen LogP contribution in [-0.2, 0) is 9.53 Å². The Morgan fingerprint density at radius 1 is 1.22 bits per heavy atom. The van der Waals surface area contributed by atoms with E-state index in [4.69, 9.17) is 4.74 Å². The molecule has 0 spiro atoms. The maximum absolute atomic E-state index is 11.6. The molecule has 3 nitrogen and oxygen atoms in total. The standard InChI is InChI=1S/C15H29NO2/c1-13(2)8-9-16-10-11-18-15(17)12-14-6-4-3-5-7-14/h13-14,16H,3-12H2,1-2H3. The van der Waals surface area contributed by atoms with Crippen LogP contribution in [0.3, 0.4) is 0 Å². The number of nitrogens with one attached hydrogen (secondary N) is 1. The molecule has 0 aromatic heterocycles. The van der Waals surface area contributed by atoms with E-state index in [1.807, 2.05) is 0 Å². The summed E-state index contributed by atoms with van der Waals surface area (Å²) in [5, 5.41) is 3.30. The highest BCUT2D eigenvalue weighted by Gasteiger charge is 2.17. The Morgan fingerprint density at radius 2 is 1.94 bits per heavy atom. The molecule has 0 atom stereocenters. The fraction of sp³-hybridized carbons (Fsp3) is 0.933. The summed E-state index contributed by atoms with van der Waals surface area (Å²) in [4.78, 5) is 11.6. The molecular weight excluding hydrogens is 226 g/mol. The molecule has 0 aliphatic heterocycles. The van der Waals surface area contributed by atoms with Crippen molar-refractivity contribution in [3.8, 4) is 0 Å². The van der Waals surface area contributed by atoms with Crippen LogP contribution in [0.25, 0.3) is 0 Å². The van der Waals surface area contributed by atoms with Gasteiger partial charge in [0.2, 0.25) is 0 Å². The van der Waals surface area contributed by atoms with Gasteiger partial charge in [0.05, 0.1) is 0 Å². The van der Waals surface area contributed by atoms with Gasteiger partial charge in [0.25, 0.3) is 0 Å². The highest BCUT2D eigenvalue weighted by atomic mass is 16.5. The van der Waals surface area contributed by atoms with Crippen molar-refractivity contribution in [3.05, 3.63) is 0 Å². The first-order chi connectivity index (χ1) is 8.68. The molecule has 0 unspecified atom stereocenters. The second kappa shape index (κ2) is 9.37. The van der Waals surface area contributed by atoms with Gasteiger partial charge in [0, 0.05) is 13.0 Å². The highest BCUT2D eigenvalue weighted by molar-refractivity contribution is 5.69. The quantitative estimate of drug-likeness (QED) is 0.535. The molecular formula is C15H29NO2. The SMILES string of the molecule is CC(C)CCNCCOC(=O)CC1CCCCC1. The average Bonchev–Trinajstić information content (AvgIpc) is 2.34. The molecule has 1 aliphatic rings. The number of ether oxygens (including phenoxy) is 1. The summed E-state index contributed by atoms with van der Waals surface area (Å²) in [6.07, 6.45) is 8.14. The van der Waals surface area contributed by atoms with Gasteiger partial charge in [0.1, 0.15) is 6.61 Å². The topological polar surface area (TPSA) is 38.3 Å². The minimum atomic E-state index is -0.00689. The lowest BCUT2D eigenvalue weighted by molar-refractivity contribution is -0.144. The number of esters is 1. The molecule has 1 N–H and O–H groups in total. The van der Waals surface area contributed by atoms with Gasteiger partial charge in [-0.15, -0.1) is 0 Å². The summed E-state index contributed by atoms with van der Waals surface area (Å²) in [6.45, 7) is 6.74. The third kappa shape index (κ3) is 7.70. The minimum Gasteiger partial charge on any atom is -0.464 e. The van der Waals surface area contributed by atoms with Crippen molar-refractivity contribution >= 4 is 5.97 Å². The third-order valence-electron chi connectivity index (χ3n) is 3.62. The molecule has 1 saturated carbocycles. The Kier molecular flexibility index (Phi) is 8.06. The van der Waals surface area contributed by atoms with E-state index in [1.54, 1.807) is 0 Å². The van der Waals surface area contributed by atoms with Crippen molar-refractivity contribution in [2.45, 2.75) is 58.8 Å². The summed E-state index contributed by atoms with van der Waals surface area (Å²) >= 11 is 0. The van der Waals surface area contributed by atoms with E-state index in [0.29, 0.717) is 18.9 Å². The number of carbonyl (C=O) groups excluding carboxylic acids is 1. The van der Waals surface area contributed by atoms with Crippen LogP contribution >= 0.6 is 0 Å². The van der Waals surface area contributed by atoms with E-state index in [2.05, 4.69) is 19.2 Å². The van der Waals surface area contributed by atoms with Crippen LogP contribution in [0.1, 0.15) is 58.8 Å². The van der Waals surface area contributed by atoms with Crippen LogP contribution in [0.2, 0.25) is 0 Å². The lowest BCUT2D eigenvalue weighted by Gasteiger charge is -2.20. The number of hydrogen-bond donors (Lipinski definition) is 1. The molecule has 1 fully saturated rings. The Balaban J connectivity index is 1.93. The predicted octanol–water partition coefficient (Wildman–Crippen LogP) is 3.14. The van der Waals surface area contributed by atoms with Gasteiger partial charge in [-0.2, -0.15) is 0 Å². The maximum atomic E-state index is 11.6. The van der Waals surface area contributed by atoms with Gasteiger partial charge in [-0.1, -0.05) is 33.1 Å². The predicted molar refractivity (Wildman–Crippen MR) is 74.5 cm³/mol. The van der Waals surface area contributed by atoms with Crippen LogP contribution in [0.4, 0.5) is 0 Å². The molecule has 0 saturated heterocycles. The molecule has 0 radical (unpaired) electrons. The monoisotopic (exact) mass is 255 g/mol. The Hall–Kier alpha value is -0.570. The zero-order valence-electron chi connectivity index (χ0n) is 12.0. The van der Waals surface area contributed by atoms with E-state index in [-0.39, 0.29) is 5.97 Å². The van der Waals surface area contributed by atoms with Crippen molar-refractivity contribution in [1.82, 2.24) is 5.32 Å². The summed E-state index contributed by atoms with van der Waals surface area (Å²) in [5.74, 6) is 1.30. The number of carbonyl (C=O) groups is 1. The highest BCUT2D eigenvalue weighted by Crippen LogP contribution is 2.26. The fourth-order valence-corrected chi connectivity index (χ4v) is 2.44.